The van der Waals surface area contributed by atoms with E-state index in [0.29, 0.717) is 13.0 Å². The Bertz CT molecular complexity index is 1090. The lowest BCUT2D eigenvalue weighted by Gasteiger charge is -2.37. The van der Waals surface area contributed by atoms with Gasteiger partial charge in [0.25, 0.3) is 0 Å². The molecule has 0 unspecified atom stereocenters. The monoisotopic (exact) mass is 463 g/mol. The van der Waals surface area contributed by atoms with Crippen molar-refractivity contribution < 1.29 is 9.90 Å². The van der Waals surface area contributed by atoms with Crippen LogP contribution in [0.15, 0.2) is 41.9 Å². The number of unbranched alkanes of at least 4 members (excludes halogenated alkanes) is 2. The molecular weight excluding hydrogens is 426 g/mol. The lowest BCUT2D eigenvalue weighted by molar-refractivity contribution is -0.137. The summed E-state index contributed by atoms with van der Waals surface area (Å²) in [6.45, 7) is 9.68. The minimum Gasteiger partial charge on any atom is -0.481 e. The predicted octanol–water partition coefficient (Wildman–Crippen LogP) is 4.08. The van der Waals surface area contributed by atoms with Crippen molar-refractivity contribution in [2.45, 2.75) is 38.8 Å². The number of carboxylic acids is 1. The number of carbonyl (C=O) groups is 1. The molecule has 2 aromatic rings. The van der Waals surface area contributed by atoms with Gasteiger partial charge in [-0.1, -0.05) is 38.2 Å². The number of nitrogens with zero attached hydrogens (tertiary/aromatic N) is 3. The van der Waals surface area contributed by atoms with Crippen LogP contribution < -0.4 is 20.2 Å². The molecule has 0 aliphatic carbocycles. The number of hydrogen-bond donors (Lipinski definition) is 1. The van der Waals surface area contributed by atoms with E-state index < -0.39 is 14.0 Å². The average molecular weight is 464 g/mol. The van der Waals surface area contributed by atoms with E-state index in [4.69, 9.17) is 10.1 Å². The number of fused-ring (bicyclic) bond motifs is 2. The van der Waals surface area contributed by atoms with Crippen LogP contribution in [0.25, 0.3) is 6.08 Å². The number of aliphatic imine (C=N–C) groups is 1. The molecular formula is C27H37N3O2Si. The largest absolute Gasteiger partial charge is 0.481 e. The summed E-state index contributed by atoms with van der Waals surface area (Å²) in [5.41, 5.74) is 7.03. The summed E-state index contributed by atoms with van der Waals surface area (Å²) in [5.74, 6) is -0.729. The molecule has 1 aliphatic heterocycles. The molecule has 1 heterocycles. The molecule has 3 rings (SSSR count). The highest BCUT2D eigenvalue weighted by Crippen LogP contribution is 2.29. The maximum absolute atomic E-state index is 10.8. The van der Waals surface area contributed by atoms with Gasteiger partial charge in [0, 0.05) is 63.7 Å². The number of aliphatic carboxylic acids is 1. The molecule has 33 heavy (non-hydrogen) atoms. The molecule has 0 aromatic heterocycles. The van der Waals surface area contributed by atoms with Crippen molar-refractivity contribution >= 4 is 47.6 Å². The van der Waals surface area contributed by atoms with Crippen molar-refractivity contribution in [2.75, 3.05) is 44.5 Å². The van der Waals surface area contributed by atoms with Crippen LogP contribution in [-0.2, 0) is 4.79 Å². The first-order chi connectivity index (χ1) is 15.6. The molecule has 176 valence electrons. The minimum absolute atomic E-state index is 0.225. The van der Waals surface area contributed by atoms with Gasteiger partial charge in [-0.15, -0.1) is 0 Å². The highest BCUT2D eigenvalue weighted by Gasteiger charge is 2.39. The molecule has 0 radical (unpaired) electrons. The third-order valence-corrected chi connectivity index (χ3v) is 10.1. The van der Waals surface area contributed by atoms with Gasteiger partial charge in [-0.3, -0.25) is 9.79 Å². The van der Waals surface area contributed by atoms with Crippen LogP contribution in [0.2, 0.25) is 13.1 Å². The van der Waals surface area contributed by atoms with Crippen LogP contribution in [0.5, 0.6) is 0 Å². The van der Waals surface area contributed by atoms with E-state index in [1.807, 2.05) is 6.08 Å². The summed E-state index contributed by atoms with van der Waals surface area (Å²) in [5, 5.41) is 11.7. The molecule has 0 amide bonds. The van der Waals surface area contributed by atoms with Crippen molar-refractivity contribution in [1.82, 2.24) is 0 Å². The lowest BCUT2D eigenvalue weighted by Crippen LogP contribution is -2.60. The van der Waals surface area contributed by atoms with Crippen LogP contribution >= 0.6 is 0 Å². The van der Waals surface area contributed by atoms with Gasteiger partial charge < -0.3 is 14.9 Å². The summed E-state index contributed by atoms with van der Waals surface area (Å²) in [6, 6.07) is 11.3. The Morgan fingerprint density at radius 1 is 1.00 bits per heavy atom. The lowest BCUT2D eigenvalue weighted by atomic mass is 9.95. The van der Waals surface area contributed by atoms with Gasteiger partial charge in [0.1, 0.15) is 8.07 Å². The summed E-state index contributed by atoms with van der Waals surface area (Å²) < 4.78 is 0. The molecule has 5 nitrogen and oxygen atoms in total. The van der Waals surface area contributed by atoms with Gasteiger partial charge in [0.05, 0.1) is 5.71 Å². The third kappa shape index (κ3) is 5.06. The van der Waals surface area contributed by atoms with Gasteiger partial charge in [0.15, 0.2) is 0 Å². The molecule has 1 aliphatic rings. The van der Waals surface area contributed by atoms with Gasteiger partial charge in [0.2, 0.25) is 0 Å². The smallest absolute Gasteiger partial charge is 0.303 e. The fraction of sp³-hybridized carbons (Fsp3) is 0.407. The first-order valence-electron chi connectivity index (χ1n) is 11.6. The molecule has 0 bridgehead atoms. The highest BCUT2D eigenvalue weighted by atomic mass is 28.3. The van der Waals surface area contributed by atoms with E-state index in [9.17, 15) is 4.79 Å². The summed E-state index contributed by atoms with van der Waals surface area (Å²) in [4.78, 5) is 20.2. The van der Waals surface area contributed by atoms with E-state index in [-0.39, 0.29) is 6.42 Å². The van der Waals surface area contributed by atoms with E-state index in [0.717, 1.165) is 24.1 Å². The van der Waals surface area contributed by atoms with Crippen LogP contribution in [0, 0.1) is 0 Å². The number of rotatable bonds is 9. The zero-order valence-corrected chi connectivity index (χ0v) is 21.9. The quantitative estimate of drug-likeness (QED) is 0.450. The normalized spacial score (nSPS) is 15.0. The van der Waals surface area contributed by atoms with Gasteiger partial charge in [-0.05, 0) is 53.0 Å². The first-order valence-corrected chi connectivity index (χ1v) is 14.6. The Balaban J connectivity index is 2.14. The molecule has 0 saturated carbocycles. The maximum Gasteiger partial charge on any atom is 0.303 e. The topological polar surface area (TPSA) is 56.1 Å². The SMILES string of the molecule is C=Cc1cc(N(C)C)cc2c1C(=NCCCCCC(=O)O)c1ccc(N(C)C)cc1[Si]2(C)C. The van der Waals surface area contributed by atoms with E-state index in [2.05, 4.69) is 88.0 Å². The Morgan fingerprint density at radius 2 is 1.67 bits per heavy atom. The van der Waals surface area contributed by atoms with Crippen LogP contribution in [0.1, 0.15) is 42.4 Å². The van der Waals surface area contributed by atoms with Gasteiger partial charge >= 0.3 is 5.97 Å². The molecule has 2 aromatic carbocycles. The number of hydrogen-bond acceptors (Lipinski definition) is 4. The zero-order chi connectivity index (χ0) is 24.3. The third-order valence-electron chi connectivity index (χ3n) is 6.57. The van der Waals surface area contributed by atoms with E-state index >= 15 is 0 Å². The van der Waals surface area contributed by atoms with Crippen LogP contribution in [-0.4, -0.2) is 59.6 Å². The molecule has 6 heteroatoms. The molecule has 0 fully saturated rings. The van der Waals surface area contributed by atoms with Gasteiger partial charge in [-0.25, -0.2) is 0 Å². The van der Waals surface area contributed by atoms with Crippen LogP contribution in [0.4, 0.5) is 11.4 Å². The standard InChI is InChI=1S/C27H37N3O2Si/c1-8-19-16-21(30(4)5)18-24-26(19)27(28-15-11-9-10-12-25(31)32)22-14-13-20(29(2)3)17-23(22)33(24,6)7/h8,13-14,16-18H,1,9-12,15H2,2-7H3,(H,31,32). The van der Waals surface area contributed by atoms with Crippen molar-refractivity contribution in [2.24, 2.45) is 4.99 Å². The van der Waals surface area contributed by atoms with Crippen molar-refractivity contribution in [3.05, 3.63) is 53.6 Å². The van der Waals surface area contributed by atoms with Gasteiger partial charge in [-0.2, -0.15) is 0 Å². The highest BCUT2D eigenvalue weighted by molar-refractivity contribution is 7.02. The summed E-state index contributed by atoms with van der Waals surface area (Å²) in [7, 11) is 6.33. The number of benzene rings is 2. The molecule has 0 saturated heterocycles. The second-order valence-corrected chi connectivity index (χ2v) is 14.1. The predicted molar refractivity (Wildman–Crippen MR) is 145 cm³/mol. The zero-order valence-electron chi connectivity index (χ0n) is 20.9. The number of anilines is 2. The molecule has 0 atom stereocenters. The maximum atomic E-state index is 10.8. The first kappa shape index (κ1) is 24.8. The Labute approximate surface area is 199 Å². The Kier molecular flexibility index (Phi) is 7.47. The summed E-state index contributed by atoms with van der Waals surface area (Å²) >= 11 is 0. The fourth-order valence-electron chi connectivity index (χ4n) is 4.56. The van der Waals surface area contributed by atoms with E-state index in [1.165, 1.54) is 32.9 Å². The minimum atomic E-state index is -2.00. The Morgan fingerprint density at radius 3 is 2.27 bits per heavy atom. The van der Waals surface area contributed by atoms with Crippen molar-refractivity contribution in [3.8, 4) is 0 Å². The second kappa shape index (κ2) is 9.95. The van der Waals surface area contributed by atoms with E-state index in [1.54, 1.807) is 0 Å². The molecule has 0 spiro atoms. The average Bonchev–Trinajstić information content (AvgIpc) is 2.76. The Hall–Kier alpha value is -2.86. The van der Waals surface area contributed by atoms with Crippen molar-refractivity contribution in [3.63, 3.8) is 0 Å². The number of carboxylic acid groups (broad SMARTS) is 1. The second-order valence-electron chi connectivity index (χ2n) is 9.74. The van der Waals surface area contributed by atoms with Crippen LogP contribution in [0.3, 0.4) is 0 Å². The molecule has 1 N–H and O–H groups in total. The summed E-state index contributed by atoms with van der Waals surface area (Å²) in [6.07, 6.45) is 4.64. The van der Waals surface area contributed by atoms with Crippen molar-refractivity contribution in [1.29, 1.82) is 0 Å². The fourth-order valence-corrected chi connectivity index (χ4v) is 7.63.